The fraction of sp³-hybridized carbons (Fsp3) is 0.381. The van der Waals surface area contributed by atoms with Gasteiger partial charge in [-0.15, -0.1) is 0 Å². The van der Waals surface area contributed by atoms with Crippen molar-refractivity contribution in [2.75, 3.05) is 36.9 Å². The topological polar surface area (TPSA) is 69.7 Å². The molecular formula is C21H27N3O3S. The minimum atomic E-state index is -3.50. The number of aryl methyl sites for hydroxylation is 2. The number of amides is 1. The Kier molecular flexibility index (Phi) is 6.05. The summed E-state index contributed by atoms with van der Waals surface area (Å²) in [5.41, 5.74) is 3.72. The number of nitrogens with zero attached hydrogens (tertiary/aromatic N) is 2. The molecule has 1 heterocycles. The highest BCUT2D eigenvalue weighted by Gasteiger charge is 2.27. The van der Waals surface area contributed by atoms with Crippen LogP contribution in [0.25, 0.3) is 0 Å². The van der Waals surface area contributed by atoms with Crippen LogP contribution in [0.15, 0.2) is 47.4 Å². The van der Waals surface area contributed by atoms with Crippen molar-refractivity contribution in [1.82, 2.24) is 4.31 Å². The molecule has 1 amide bonds. The van der Waals surface area contributed by atoms with Crippen molar-refractivity contribution in [2.24, 2.45) is 0 Å². The molecule has 3 rings (SSSR count). The van der Waals surface area contributed by atoms with Crippen LogP contribution in [0.5, 0.6) is 0 Å². The second-order valence-electron chi connectivity index (χ2n) is 7.33. The zero-order chi connectivity index (χ0) is 20.3. The molecule has 1 aliphatic heterocycles. The molecule has 1 saturated heterocycles. The van der Waals surface area contributed by atoms with Gasteiger partial charge < -0.3 is 10.2 Å². The van der Waals surface area contributed by atoms with E-state index >= 15 is 0 Å². The van der Waals surface area contributed by atoms with Gasteiger partial charge in [-0.05, 0) is 62.1 Å². The number of carbonyl (C=O) groups is 1. The Morgan fingerprint density at radius 3 is 2.54 bits per heavy atom. The summed E-state index contributed by atoms with van der Waals surface area (Å²) in [6.45, 7) is 5.31. The lowest BCUT2D eigenvalue weighted by atomic mass is 10.1. The maximum Gasteiger partial charge on any atom is 0.243 e. The van der Waals surface area contributed by atoms with Gasteiger partial charge in [0.15, 0.2) is 0 Å². The molecule has 1 fully saturated rings. The molecule has 1 aliphatic rings. The van der Waals surface area contributed by atoms with Crippen LogP contribution in [-0.4, -0.2) is 45.3 Å². The van der Waals surface area contributed by atoms with Gasteiger partial charge in [0, 0.05) is 31.5 Å². The monoisotopic (exact) mass is 401 g/mol. The number of benzene rings is 2. The SMILES string of the molecule is Cc1ccc(C)c(N(C)CC(=O)Nc2cccc(S(=O)(=O)N3CCCC3)c2)c1. The molecule has 28 heavy (non-hydrogen) atoms. The fourth-order valence-electron chi connectivity index (χ4n) is 3.44. The summed E-state index contributed by atoms with van der Waals surface area (Å²) < 4.78 is 26.9. The van der Waals surface area contributed by atoms with Gasteiger partial charge in [-0.2, -0.15) is 4.31 Å². The standard InChI is InChI=1S/C21H27N3O3S/c1-16-9-10-17(2)20(13-16)23(3)15-21(25)22-18-7-6-8-19(14-18)28(26,27)24-11-4-5-12-24/h6-10,13-14H,4-5,11-12,15H2,1-3H3,(H,22,25). The molecule has 0 spiro atoms. The summed E-state index contributed by atoms with van der Waals surface area (Å²) >= 11 is 0. The van der Waals surface area contributed by atoms with Crippen LogP contribution in [0, 0.1) is 13.8 Å². The first-order valence-electron chi connectivity index (χ1n) is 9.46. The number of hydrogen-bond donors (Lipinski definition) is 1. The van der Waals surface area contributed by atoms with Crippen LogP contribution in [0.3, 0.4) is 0 Å². The molecule has 6 nitrogen and oxygen atoms in total. The number of carbonyl (C=O) groups excluding carboxylic acids is 1. The van der Waals surface area contributed by atoms with E-state index in [2.05, 4.69) is 5.32 Å². The first-order chi connectivity index (χ1) is 13.3. The first-order valence-corrected chi connectivity index (χ1v) is 10.9. The Labute approximate surface area is 167 Å². The predicted molar refractivity (Wildman–Crippen MR) is 112 cm³/mol. The molecule has 2 aromatic carbocycles. The van der Waals surface area contributed by atoms with E-state index < -0.39 is 10.0 Å². The summed E-state index contributed by atoms with van der Waals surface area (Å²) in [5.74, 6) is -0.195. The zero-order valence-electron chi connectivity index (χ0n) is 16.6. The first kappa shape index (κ1) is 20.4. The van der Waals surface area contributed by atoms with Gasteiger partial charge in [-0.3, -0.25) is 4.79 Å². The molecule has 0 unspecified atom stereocenters. The van der Waals surface area contributed by atoms with Crippen molar-refractivity contribution in [1.29, 1.82) is 0 Å². The molecule has 1 N–H and O–H groups in total. The highest BCUT2D eigenvalue weighted by atomic mass is 32.2. The van der Waals surface area contributed by atoms with Gasteiger partial charge in [0.2, 0.25) is 15.9 Å². The fourth-order valence-corrected chi connectivity index (χ4v) is 5.01. The average Bonchev–Trinajstić information content (AvgIpc) is 3.19. The van der Waals surface area contributed by atoms with Gasteiger partial charge in [0.05, 0.1) is 11.4 Å². The summed E-state index contributed by atoms with van der Waals surface area (Å²) in [6.07, 6.45) is 1.78. The van der Waals surface area contributed by atoms with Gasteiger partial charge in [-0.1, -0.05) is 18.2 Å². The van der Waals surface area contributed by atoms with Crippen LogP contribution >= 0.6 is 0 Å². The average molecular weight is 402 g/mol. The predicted octanol–water partition coefficient (Wildman–Crippen LogP) is 3.16. The Morgan fingerprint density at radius 1 is 1.11 bits per heavy atom. The van der Waals surface area contributed by atoms with Crippen molar-refractivity contribution in [3.63, 3.8) is 0 Å². The zero-order valence-corrected chi connectivity index (χ0v) is 17.4. The van der Waals surface area contributed by atoms with E-state index in [1.54, 1.807) is 18.2 Å². The van der Waals surface area contributed by atoms with Crippen LogP contribution in [0.1, 0.15) is 24.0 Å². The molecule has 0 aromatic heterocycles. The van der Waals surface area contributed by atoms with E-state index in [0.717, 1.165) is 29.7 Å². The maximum absolute atomic E-state index is 12.7. The number of sulfonamides is 1. The Bertz CT molecular complexity index is 967. The maximum atomic E-state index is 12.7. The van der Waals surface area contributed by atoms with E-state index in [1.807, 2.05) is 44.0 Å². The second kappa shape index (κ2) is 8.32. The molecule has 0 radical (unpaired) electrons. The highest BCUT2D eigenvalue weighted by molar-refractivity contribution is 7.89. The van der Waals surface area contributed by atoms with Crippen molar-refractivity contribution in [3.8, 4) is 0 Å². The molecule has 0 saturated carbocycles. The number of rotatable bonds is 6. The lowest BCUT2D eigenvalue weighted by Crippen LogP contribution is -2.31. The highest BCUT2D eigenvalue weighted by Crippen LogP contribution is 2.24. The lowest BCUT2D eigenvalue weighted by molar-refractivity contribution is -0.114. The molecule has 0 aliphatic carbocycles. The van der Waals surface area contributed by atoms with Crippen molar-refractivity contribution in [3.05, 3.63) is 53.6 Å². The summed E-state index contributed by atoms with van der Waals surface area (Å²) in [4.78, 5) is 14.6. The number of anilines is 2. The number of hydrogen-bond acceptors (Lipinski definition) is 4. The van der Waals surface area contributed by atoms with E-state index in [1.165, 1.54) is 10.4 Å². The van der Waals surface area contributed by atoms with Crippen LogP contribution in [0.2, 0.25) is 0 Å². The second-order valence-corrected chi connectivity index (χ2v) is 9.27. The number of likely N-dealkylation sites (N-methyl/N-ethyl adjacent to an activating group) is 1. The normalized spacial score (nSPS) is 14.8. The molecule has 150 valence electrons. The van der Waals surface area contributed by atoms with Crippen molar-refractivity contribution >= 4 is 27.3 Å². The molecule has 7 heteroatoms. The van der Waals surface area contributed by atoms with Gasteiger partial charge in [0.1, 0.15) is 0 Å². The Morgan fingerprint density at radius 2 is 1.82 bits per heavy atom. The number of nitrogens with one attached hydrogen (secondary N) is 1. The largest absolute Gasteiger partial charge is 0.365 e. The Hall–Kier alpha value is -2.38. The minimum absolute atomic E-state index is 0.174. The quantitative estimate of drug-likeness (QED) is 0.807. The van der Waals surface area contributed by atoms with E-state index in [-0.39, 0.29) is 17.3 Å². The third-order valence-corrected chi connectivity index (χ3v) is 6.87. The summed E-state index contributed by atoms with van der Waals surface area (Å²) in [6, 6.07) is 12.6. The third kappa shape index (κ3) is 4.54. The van der Waals surface area contributed by atoms with E-state index in [0.29, 0.717) is 18.8 Å². The van der Waals surface area contributed by atoms with E-state index in [9.17, 15) is 13.2 Å². The van der Waals surface area contributed by atoms with Crippen molar-refractivity contribution < 1.29 is 13.2 Å². The van der Waals surface area contributed by atoms with Crippen LogP contribution in [-0.2, 0) is 14.8 Å². The minimum Gasteiger partial charge on any atom is -0.365 e. The van der Waals surface area contributed by atoms with Gasteiger partial charge >= 0.3 is 0 Å². The summed E-state index contributed by atoms with van der Waals surface area (Å²) in [7, 11) is -1.63. The lowest BCUT2D eigenvalue weighted by Gasteiger charge is -2.21. The summed E-state index contributed by atoms with van der Waals surface area (Å²) in [5, 5.41) is 2.82. The van der Waals surface area contributed by atoms with Crippen molar-refractivity contribution in [2.45, 2.75) is 31.6 Å². The smallest absolute Gasteiger partial charge is 0.243 e. The van der Waals surface area contributed by atoms with Gasteiger partial charge in [-0.25, -0.2) is 8.42 Å². The molecule has 0 bridgehead atoms. The van der Waals surface area contributed by atoms with Crippen LogP contribution in [0.4, 0.5) is 11.4 Å². The molecule has 2 aromatic rings. The van der Waals surface area contributed by atoms with E-state index in [4.69, 9.17) is 0 Å². The Balaban J connectivity index is 1.70. The van der Waals surface area contributed by atoms with Gasteiger partial charge in [0.25, 0.3) is 0 Å². The third-order valence-electron chi connectivity index (χ3n) is 4.98. The van der Waals surface area contributed by atoms with Crippen LogP contribution < -0.4 is 10.2 Å². The molecule has 0 atom stereocenters. The molecular weight excluding hydrogens is 374 g/mol.